The van der Waals surface area contributed by atoms with Gasteiger partial charge in [0.05, 0.1) is 23.7 Å². The van der Waals surface area contributed by atoms with Gasteiger partial charge >= 0.3 is 6.09 Å². The lowest BCUT2D eigenvalue weighted by atomic mass is 9.99. The molecule has 0 aliphatic carbocycles. The van der Waals surface area contributed by atoms with Crippen molar-refractivity contribution in [3.63, 3.8) is 0 Å². The van der Waals surface area contributed by atoms with Crippen LogP contribution in [0, 0.1) is 5.92 Å². The lowest BCUT2D eigenvalue weighted by Gasteiger charge is -2.40. The van der Waals surface area contributed by atoms with Gasteiger partial charge in [0.15, 0.2) is 0 Å². The van der Waals surface area contributed by atoms with Crippen LogP contribution in [0.25, 0.3) is 11.1 Å². The lowest BCUT2D eigenvalue weighted by molar-refractivity contribution is -0.119. The maximum atomic E-state index is 12.9. The van der Waals surface area contributed by atoms with E-state index in [-0.39, 0.29) is 24.4 Å². The summed E-state index contributed by atoms with van der Waals surface area (Å²) < 4.78 is 25.2. The summed E-state index contributed by atoms with van der Waals surface area (Å²) in [5.41, 5.74) is 3.03. The van der Waals surface area contributed by atoms with Crippen LogP contribution in [-0.2, 0) is 14.8 Å². The zero-order valence-corrected chi connectivity index (χ0v) is 18.8. The van der Waals surface area contributed by atoms with Gasteiger partial charge in [0.1, 0.15) is 0 Å². The highest BCUT2D eigenvalue weighted by Gasteiger charge is 2.35. The summed E-state index contributed by atoms with van der Waals surface area (Å²) in [5, 5.41) is 9.74. The number of carbonyl (C=O) groups excluding carboxylic acids is 1. The molecule has 31 heavy (non-hydrogen) atoms. The summed E-state index contributed by atoms with van der Waals surface area (Å²) in [6.07, 6.45) is 0.389. The topological polar surface area (TPSA) is 107 Å². The van der Waals surface area contributed by atoms with Crippen molar-refractivity contribution in [2.45, 2.75) is 33.2 Å². The van der Waals surface area contributed by atoms with E-state index in [4.69, 9.17) is 0 Å². The first-order valence-corrected chi connectivity index (χ1v) is 11.9. The van der Waals surface area contributed by atoms with Crippen LogP contribution in [0.3, 0.4) is 0 Å². The molecule has 0 saturated carbocycles. The third-order valence-electron chi connectivity index (χ3n) is 5.02. The molecule has 1 atom stereocenters. The van der Waals surface area contributed by atoms with E-state index in [0.29, 0.717) is 23.5 Å². The minimum atomic E-state index is -3.37. The van der Waals surface area contributed by atoms with Crippen LogP contribution in [0.2, 0.25) is 0 Å². The SMILES string of the molecule is CC(C)CC(=O)N1c2ccc(-c3ccc(NS(C)(=O)=O)cc3)cc2N(C(=O)O)C[C@@H]1C. The first-order chi connectivity index (χ1) is 14.5. The highest BCUT2D eigenvalue weighted by molar-refractivity contribution is 7.92. The van der Waals surface area contributed by atoms with Crippen molar-refractivity contribution in [2.24, 2.45) is 5.92 Å². The zero-order valence-electron chi connectivity index (χ0n) is 18.0. The second-order valence-corrected chi connectivity index (χ2v) is 10.0. The second kappa shape index (κ2) is 8.58. The average molecular weight is 446 g/mol. The van der Waals surface area contributed by atoms with Crippen LogP contribution in [0.15, 0.2) is 42.5 Å². The highest BCUT2D eigenvalue weighted by Crippen LogP contribution is 2.39. The van der Waals surface area contributed by atoms with Crippen molar-refractivity contribution in [3.8, 4) is 11.1 Å². The number of anilines is 3. The van der Waals surface area contributed by atoms with Gasteiger partial charge in [-0.2, -0.15) is 0 Å². The van der Waals surface area contributed by atoms with Gasteiger partial charge in [-0.25, -0.2) is 13.2 Å². The minimum absolute atomic E-state index is 0.0299. The molecule has 0 unspecified atom stereocenters. The normalized spacial score (nSPS) is 16.2. The van der Waals surface area contributed by atoms with E-state index >= 15 is 0 Å². The van der Waals surface area contributed by atoms with E-state index in [2.05, 4.69) is 4.72 Å². The van der Waals surface area contributed by atoms with Crippen LogP contribution < -0.4 is 14.5 Å². The fourth-order valence-electron chi connectivity index (χ4n) is 3.76. The predicted molar refractivity (Wildman–Crippen MR) is 122 cm³/mol. The summed E-state index contributed by atoms with van der Waals surface area (Å²) in [6.45, 7) is 5.98. The largest absolute Gasteiger partial charge is 0.465 e. The number of carbonyl (C=O) groups is 2. The van der Waals surface area contributed by atoms with E-state index < -0.39 is 16.1 Å². The third kappa shape index (κ3) is 5.16. The van der Waals surface area contributed by atoms with Crippen molar-refractivity contribution >= 4 is 39.1 Å². The molecule has 0 fully saturated rings. The maximum Gasteiger partial charge on any atom is 0.411 e. The Morgan fingerprint density at radius 3 is 2.26 bits per heavy atom. The van der Waals surface area contributed by atoms with Crippen molar-refractivity contribution in [1.82, 2.24) is 0 Å². The average Bonchev–Trinajstić information content (AvgIpc) is 2.65. The van der Waals surface area contributed by atoms with Crippen LogP contribution in [0.4, 0.5) is 21.9 Å². The van der Waals surface area contributed by atoms with Gasteiger partial charge in [-0.1, -0.05) is 32.0 Å². The van der Waals surface area contributed by atoms with Gasteiger partial charge in [0.25, 0.3) is 0 Å². The van der Waals surface area contributed by atoms with Crippen molar-refractivity contribution in [1.29, 1.82) is 0 Å². The second-order valence-electron chi connectivity index (χ2n) is 8.26. The Hall–Kier alpha value is -3.07. The van der Waals surface area contributed by atoms with Gasteiger partial charge in [0.2, 0.25) is 15.9 Å². The number of carboxylic acid groups (broad SMARTS) is 1. The number of hydrogen-bond donors (Lipinski definition) is 2. The zero-order chi connectivity index (χ0) is 22.9. The molecule has 9 heteroatoms. The molecule has 0 spiro atoms. The molecule has 1 heterocycles. The Morgan fingerprint density at radius 1 is 1.10 bits per heavy atom. The molecule has 3 rings (SSSR count). The summed E-state index contributed by atoms with van der Waals surface area (Å²) >= 11 is 0. The Balaban J connectivity index is 2.01. The molecule has 8 nitrogen and oxygen atoms in total. The summed E-state index contributed by atoms with van der Waals surface area (Å²) in [7, 11) is -3.37. The lowest BCUT2D eigenvalue weighted by Crippen LogP contribution is -2.51. The molecule has 2 amide bonds. The Kier molecular flexibility index (Phi) is 6.26. The van der Waals surface area contributed by atoms with Gasteiger partial charge in [-0.05, 0) is 48.2 Å². The molecule has 166 valence electrons. The number of hydrogen-bond acceptors (Lipinski definition) is 4. The summed E-state index contributed by atoms with van der Waals surface area (Å²) in [4.78, 5) is 27.7. The molecule has 1 aliphatic rings. The molecule has 1 aliphatic heterocycles. The Labute approximate surface area is 182 Å². The van der Waals surface area contributed by atoms with Gasteiger partial charge < -0.3 is 10.0 Å². The molecule has 0 saturated heterocycles. The quantitative estimate of drug-likeness (QED) is 0.724. The molecule has 2 aromatic carbocycles. The summed E-state index contributed by atoms with van der Waals surface area (Å²) in [6, 6.07) is 11.9. The van der Waals surface area contributed by atoms with Gasteiger partial charge in [-0.15, -0.1) is 0 Å². The maximum absolute atomic E-state index is 12.9. The number of rotatable bonds is 5. The van der Waals surface area contributed by atoms with Crippen LogP contribution in [-0.4, -0.2) is 44.4 Å². The van der Waals surface area contributed by atoms with Crippen molar-refractivity contribution < 1.29 is 23.1 Å². The molecular formula is C22H27N3O5S. The molecule has 2 aromatic rings. The van der Waals surface area contributed by atoms with Gasteiger partial charge in [-0.3, -0.25) is 14.4 Å². The first kappa shape index (κ1) is 22.6. The minimum Gasteiger partial charge on any atom is -0.465 e. The van der Waals surface area contributed by atoms with Crippen LogP contribution in [0.5, 0.6) is 0 Å². The monoisotopic (exact) mass is 445 g/mol. The Bertz CT molecular complexity index is 1100. The number of amides is 2. The van der Waals surface area contributed by atoms with E-state index in [9.17, 15) is 23.1 Å². The van der Waals surface area contributed by atoms with E-state index in [1.807, 2.05) is 26.8 Å². The fraction of sp³-hybridized carbons (Fsp3) is 0.364. The van der Waals surface area contributed by atoms with Crippen molar-refractivity contribution in [2.75, 3.05) is 27.3 Å². The fourth-order valence-corrected chi connectivity index (χ4v) is 4.32. The number of nitrogens with zero attached hydrogens (tertiary/aromatic N) is 2. The van der Waals surface area contributed by atoms with E-state index in [1.165, 1.54) is 4.90 Å². The van der Waals surface area contributed by atoms with E-state index in [0.717, 1.165) is 17.4 Å². The van der Waals surface area contributed by atoms with Crippen LogP contribution >= 0.6 is 0 Å². The summed E-state index contributed by atoms with van der Waals surface area (Å²) in [5.74, 6) is 0.164. The standard InChI is InChI=1S/C22H27N3O5S/c1-14(2)11-21(26)25-15(3)13-24(22(27)28)20-12-17(7-10-19(20)25)16-5-8-18(9-6-16)23-31(4,29)30/h5-10,12,14-15,23H,11,13H2,1-4H3,(H,27,28)/t15-/m0/s1. The van der Waals surface area contributed by atoms with Crippen LogP contribution in [0.1, 0.15) is 27.2 Å². The molecule has 2 N–H and O–H groups in total. The molecular weight excluding hydrogens is 418 g/mol. The van der Waals surface area contributed by atoms with Crippen molar-refractivity contribution in [3.05, 3.63) is 42.5 Å². The smallest absolute Gasteiger partial charge is 0.411 e. The number of benzene rings is 2. The molecule has 0 aromatic heterocycles. The molecule has 0 bridgehead atoms. The predicted octanol–water partition coefficient (Wildman–Crippen LogP) is 3.99. The molecule has 0 radical (unpaired) electrons. The van der Waals surface area contributed by atoms with Gasteiger partial charge in [0, 0.05) is 18.7 Å². The third-order valence-corrected chi connectivity index (χ3v) is 5.62. The highest BCUT2D eigenvalue weighted by atomic mass is 32.2. The Morgan fingerprint density at radius 2 is 1.71 bits per heavy atom. The first-order valence-electron chi connectivity index (χ1n) is 10.0. The number of fused-ring (bicyclic) bond motifs is 1. The van der Waals surface area contributed by atoms with E-state index in [1.54, 1.807) is 41.3 Å². The number of sulfonamides is 1. The number of nitrogens with one attached hydrogen (secondary N) is 1.